The fourth-order valence-electron chi connectivity index (χ4n) is 0.879. The molecular weight excluding hydrogens is 196 g/mol. The van der Waals surface area contributed by atoms with Gasteiger partial charge in [-0.15, -0.1) is 11.3 Å². The first kappa shape index (κ1) is 9.51. The molecule has 3 nitrogen and oxygen atoms in total. The molecule has 4 N–H and O–H groups in total. The minimum atomic E-state index is -0.410. The Labute approximate surface area is 79.3 Å². The van der Waals surface area contributed by atoms with Gasteiger partial charge in [0.1, 0.15) is 0 Å². The summed E-state index contributed by atoms with van der Waals surface area (Å²) < 4.78 is 0. The van der Waals surface area contributed by atoms with Crippen LogP contribution in [-0.2, 0) is 4.79 Å². The lowest BCUT2D eigenvalue weighted by Gasteiger charge is -2.06. The average molecular weight is 205 g/mol. The Hall–Kier alpha value is -0.580. The third kappa shape index (κ3) is 2.20. The molecule has 1 amide bonds. The van der Waals surface area contributed by atoms with E-state index in [9.17, 15) is 4.79 Å². The largest absolute Gasteiger partial charge is 0.370 e. The van der Waals surface area contributed by atoms with Gasteiger partial charge in [-0.3, -0.25) is 4.79 Å². The van der Waals surface area contributed by atoms with E-state index in [0.29, 0.717) is 5.02 Å². The molecule has 0 aromatic carbocycles. The van der Waals surface area contributed by atoms with Crippen LogP contribution in [-0.4, -0.2) is 5.91 Å². The number of carbonyl (C=O) groups is 1. The summed E-state index contributed by atoms with van der Waals surface area (Å²) in [7, 11) is 0. The van der Waals surface area contributed by atoms with Crippen molar-refractivity contribution in [3.63, 3.8) is 0 Å². The summed E-state index contributed by atoms with van der Waals surface area (Å²) in [5.41, 5.74) is 10.7. The van der Waals surface area contributed by atoms with E-state index in [-0.39, 0.29) is 12.5 Å². The number of halogens is 1. The highest BCUT2D eigenvalue weighted by molar-refractivity contribution is 7.10. The van der Waals surface area contributed by atoms with Gasteiger partial charge in [-0.05, 0) is 11.4 Å². The summed E-state index contributed by atoms with van der Waals surface area (Å²) in [4.78, 5) is 11.3. The van der Waals surface area contributed by atoms with E-state index in [0.717, 1.165) is 4.88 Å². The van der Waals surface area contributed by atoms with Crippen molar-refractivity contribution < 1.29 is 4.79 Å². The monoisotopic (exact) mass is 204 g/mol. The van der Waals surface area contributed by atoms with Crippen LogP contribution in [0.4, 0.5) is 0 Å². The van der Waals surface area contributed by atoms with Gasteiger partial charge in [-0.2, -0.15) is 0 Å². The van der Waals surface area contributed by atoms with Crippen LogP contribution in [0.15, 0.2) is 11.4 Å². The van der Waals surface area contributed by atoms with Crippen LogP contribution in [0.2, 0.25) is 5.02 Å². The summed E-state index contributed by atoms with van der Waals surface area (Å²) >= 11 is 7.23. The van der Waals surface area contributed by atoms with Gasteiger partial charge in [0.05, 0.1) is 5.02 Å². The number of rotatable bonds is 3. The van der Waals surface area contributed by atoms with Crippen molar-refractivity contribution in [1.82, 2.24) is 0 Å². The predicted molar refractivity (Wildman–Crippen MR) is 50.1 cm³/mol. The van der Waals surface area contributed by atoms with Gasteiger partial charge in [0.15, 0.2) is 0 Å². The zero-order valence-corrected chi connectivity index (χ0v) is 7.86. The fourth-order valence-corrected chi connectivity index (χ4v) is 2.08. The lowest BCUT2D eigenvalue weighted by atomic mass is 10.2. The van der Waals surface area contributed by atoms with E-state index >= 15 is 0 Å². The van der Waals surface area contributed by atoms with Gasteiger partial charge in [-0.1, -0.05) is 11.6 Å². The summed E-state index contributed by atoms with van der Waals surface area (Å²) in [6.45, 7) is 0. The molecule has 0 spiro atoms. The first-order valence-electron chi connectivity index (χ1n) is 3.38. The number of hydrogen-bond acceptors (Lipinski definition) is 3. The van der Waals surface area contributed by atoms with Gasteiger partial charge < -0.3 is 11.5 Å². The summed E-state index contributed by atoms with van der Waals surface area (Å²) in [5, 5.41) is 2.44. The van der Waals surface area contributed by atoms with Crippen molar-refractivity contribution >= 4 is 28.8 Å². The molecule has 5 heteroatoms. The predicted octanol–water partition coefficient (Wildman–Crippen LogP) is 1.28. The molecule has 66 valence electrons. The molecule has 0 aliphatic carbocycles. The van der Waals surface area contributed by atoms with Crippen molar-refractivity contribution in [3.05, 3.63) is 21.3 Å². The Morgan fingerprint density at radius 3 is 2.83 bits per heavy atom. The van der Waals surface area contributed by atoms with Crippen LogP contribution in [0.3, 0.4) is 0 Å². The van der Waals surface area contributed by atoms with Crippen molar-refractivity contribution in [1.29, 1.82) is 0 Å². The van der Waals surface area contributed by atoms with Crippen molar-refractivity contribution in [2.45, 2.75) is 12.5 Å². The molecule has 0 aliphatic heterocycles. The Morgan fingerprint density at radius 2 is 2.42 bits per heavy atom. The van der Waals surface area contributed by atoms with E-state index in [1.54, 1.807) is 6.07 Å². The first-order valence-corrected chi connectivity index (χ1v) is 4.64. The number of thiophene rings is 1. The van der Waals surface area contributed by atoms with Crippen molar-refractivity contribution in [3.8, 4) is 0 Å². The van der Waals surface area contributed by atoms with Crippen LogP contribution >= 0.6 is 22.9 Å². The van der Waals surface area contributed by atoms with Crippen LogP contribution in [0, 0.1) is 0 Å². The SMILES string of the molecule is NC(=O)C[C@@H](N)c1sccc1Cl. The number of carbonyl (C=O) groups excluding carboxylic acids is 1. The highest BCUT2D eigenvalue weighted by Gasteiger charge is 2.13. The van der Waals surface area contributed by atoms with E-state index < -0.39 is 5.91 Å². The molecule has 0 unspecified atom stereocenters. The Bertz CT molecular complexity index is 287. The molecule has 0 bridgehead atoms. The number of amides is 1. The highest BCUT2D eigenvalue weighted by atomic mass is 35.5. The van der Waals surface area contributed by atoms with Gasteiger partial charge in [-0.25, -0.2) is 0 Å². The van der Waals surface area contributed by atoms with Crippen molar-refractivity contribution in [2.24, 2.45) is 11.5 Å². The van der Waals surface area contributed by atoms with Crippen LogP contribution < -0.4 is 11.5 Å². The standard InChI is InChI=1S/C7H9ClN2OS/c8-4-1-2-12-7(4)5(9)3-6(10)11/h1-2,5H,3,9H2,(H2,10,11)/t5-/m1/s1. The maximum atomic E-state index is 10.5. The fraction of sp³-hybridized carbons (Fsp3) is 0.286. The second kappa shape index (κ2) is 3.89. The molecular formula is C7H9ClN2OS. The quantitative estimate of drug-likeness (QED) is 0.779. The lowest BCUT2D eigenvalue weighted by Crippen LogP contribution is -2.20. The molecule has 12 heavy (non-hydrogen) atoms. The second-order valence-electron chi connectivity index (χ2n) is 2.41. The Morgan fingerprint density at radius 1 is 1.75 bits per heavy atom. The van der Waals surface area contributed by atoms with Gasteiger partial charge in [0, 0.05) is 17.3 Å². The molecule has 1 aromatic heterocycles. The maximum Gasteiger partial charge on any atom is 0.219 e. The third-order valence-electron chi connectivity index (χ3n) is 1.40. The zero-order chi connectivity index (χ0) is 9.14. The molecule has 1 rings (SSSR count). The second-order valence-corrected chi connectivity index (χ2v) is 3.76. The summed E-state index contributed by atoms with van der Waals surface area (Å²) in [5.74, 6) is -0.410. The van der Waals surface area contributed by atoms with Gasteiger partial charge in [0.25, 0.3) is 0 Å². The van der Waals surface area contributed by atoms with E-state index in [1.807, 2.05) is 5.38 Å². The Kier molecular flexibility index (Phi) is 3.08. The van der Waals surface area contributed by atoms with E-state index in [2.05, 4.69) is 0 Å². The highest BCUT2D eigenvalue weighted by Crippen LogP contribution is 2.28. The average Bonchev–Trinajstić information content (AvgIpc) is 2.33. The minimum absolute atomic E-state index is 0.139. The molecule has 1 aromatic rings. The van der Waals surface area contributed by atoms with E-state index in [4.69, 9.17) is 23.1 Å². The number of primary amides is 1. The lowest BCUT2D eigenvalue weighted by molar-refractivity contribution is -0.118. The molecule has 0 saturated heterocycles. The molecule has 0 saturated carbocycles. The molecule has 1 heterocycles. The molecule has 1 atom stereocenters. The number of nitrogens with two attached hydrogens (primary N) is 2. The maximum absolute atomic E-state index is 10.5. The molecule has 0 fully saturated rings. The molecule has 0 aliphatic rings. The Balaban J connectivity index is 2.71. The van der Waals surface area contributed by atoms with Crippen LogP contribution in [0.1, 0.15) is 17.3 Å². The minimum Gasteiger partial charge on any atom is -0.370 e. The number of hydrogen-bond donors (Lipinski definition) is 2. The zero-order valence-electron chi connectivity index (χ0n) is 6.29. The summed E-state index contributed by atoms with van der Waals surface area (Å²) in [6, 6.07) is 1.39. The third-order valence-corrected chi connectivity index (χ3v) is 2.89. The topological polar surface area (TPSA) is 69.1 Å². The first-order chi connectivity index (χ1) is 5.61. The smallest absolute Gasteiger partial charge is 0.219 e. The van der Waals surface area contributed by atoms with E-state index in [1.165, 1.54) is 11.3 Å². The van der Waals surface area contributed by atoms with Crippen molar-refractivity contribution in [2.75, 3.05) is 0 Å². The molecule has 0 radical (unpaired) electrons. The summed E-state index contributed by atoms with van der Waals surface area (Å²) in [6.07, 6.45) is 0.139. The van der Waals surface area contributed by atoms with Crippen LogP contribution in [0.5, 0.6) is 0 Å². The normalized spacial score (nSPS) is 12.8. The van der Waals surface area contributed by atoms with Gasteiger partial charge >= 0.3 is 0 Å². The van der Waals surface area contributed by atoms with Gasteiger partial charge in [0.2, 0.25) is 5.91 Å². The van der Waals surface area contributed by atoms with Crippen LogP contribution in [0.25, 0.3) is 0 Å².